The molecule has 2 heterocycles. The molecule has 0 aliphatic heterocycles. The normalized spacial score (nSPS) is 11.3. The number of carbonyl (C=O) groups is 1. The van der Waals surface area contributed by atoms with Gasteiger partial charge in [-0.2, -0.15) is 0 Å². The van der Waals surface area contributed by atoms with Gasteiger partial charge >= 0.3 is 5.97 Å². The molecule has 0 aliphatic rings. The number of H-pyrrole nitrogens is 1. The maximum atomic E-state index is 13.5. The quantitative estimate of drug-likeness (QED) is 0.407. The summed E-state index contributed by atoms with van der Waals surface area (Å²) in [6, 6.07) is 17.5. The number of ether oxygens (including phenoxy) is 1. The number of imidazole rings is 1. The highest BCUT2D eigenvalue weighted by Crippen LogP contribution is 2.26. The minimum Gasteiger partial charge on any atom is -0.492 e. The molecule has 4 aromatic rings. The van der Waals surface area contributed by atoms with Gasteiger partial charge in [0.1, 0.15) is 24.0 Å². The molecule has 0 bridgehead atoms. The van der Waals surface area contributed by atoms with Crippen LogP contribution in [0.25, 0.3) is 33.9 Å². The molecule has 2 aromatic carbocycles. The summed E-state index contributed by atoms with van der Waals surface area (Å²) in [6.45, 7) is 3.32. The molecule has 0 saturated heterocycles. The van der Waals surface area contributed by atoms with Crippen molar-refractivity contribution in [3.05, 3.63) is 78.9 Å². The number of hydrogen-bond donors (Lipinski definition) is 2. The first kappa shape index (κ1) is 21.2. The van der Waals surface area contributed by atoms with Gasteiger partial charge in [0.25, 0.3) is 0 Å². The monoisotopic (exact) mass is 431 g/mol. The zero-order valence-corrected chi connectivity index (χ0v) is 17.7. The van der Waals surface area contributed by atoms with E-state index in [0.29, 0.717) is 11.6 Å². The molecular weight excluding hydrogens is 409 g/mol. The molecule has 0 spiro atoms. The van der Waals surface area contributed by atoms with Gasteiger partial charge in [-0.3, -0.25) is 9.78 Å². The highest BCUT2D eigenvalue weighted by Gasteiger charge is 2.28. The van der Waals surface area contributed by atoms with Gasteiger partial charge in [-0.1, -0.05) is 12.1 Å². The fourth-order valence-electron chi connectivity index (χ4n) is 3.02. The average molecular weight is 431 g/mol. The lowest BCUT2D eigenvalue weighted by Crippen LogP contribution is -2.30. The second-order valence-electron chi connectivity index (χ2n) is 8.09. The van der Waals surface area contributed by atoms with Crippen LogP contribution < -0.4 is 4.74 Å². The van der Waals surface area contributed by atoms with Gasteiger partial charge in [-0.25, -0.2) is 9.37 Å². The van der Waals surface area contributed by atoms with Gasteiger partial charge in [0.15, 0.2) is 0 Å². The van der Waals surface area contributed by atoms with E-state index < -0.39 is 11.4 Å². The summed E-state index contributed by atoms with van der Waals surface area (Å²) in [4.78, 5) is 23.3. The number of carboxylic acid groups (broad SMARTS) is 1. The predicted octanol–water partition coefficient (Wildman–Crippen LogP) is 5.43. The Hall–Kier alpha value is -4.00. The summed E-state index contributed by atoms with van der Waals surface area (Å²) >= 11 is 0. The van der Waals surface area contributed by atoms with Crippen molar-refractivity contribution in [3.63, 3.8) is 0 Å². The lowest BCUT2D eigenvalue weighted by molar-refractivity contribution is -0.148. The summed E-state index contributed by atoms with van der Waals surface area (Å²) in [5, 5.41) is 9.18. The number of aliphatic carboxylic acids is 1. The number of carboxylic acids is 1. The molecule has 0 atom stereocenters. The van der Waals surface area contributed by atoms with Crippen LogP contribution in [0.4, 0.5) is 4.39 Å². The molecule has 7 heteroatoms. The average Bonchev–Trinajstić information content (AvgIpc) is 3.29. The standard InChI is InChI=1S/C25H22FN3O3/c1-25(2,24(30)31)15-32-20-9-6-16(7-10-20)21-11-8-18(13-27-21)23-28-14-22(29-23)17-4-3-5-19(26)12-17/h3-14H,15H2,1-2H3,(H,28,29)(H,30,31). The second kappa shape index (κ2) is 8.63. The number of halogens is 1. The summed E-state index contributed by atoms with van der Waals surface area (Å²) in [5.74, 6) is 0.0398. The third kappa shape index (κ3) is 4.67. The smallest absolute Gasteiger partial charge is 0.312 e. The van der Waals surface area contributed by atoms with Crippen LogP contribution in [0.5, 0.6) is 5.75 Å². The zero-order valence-electron chi connectivity index (χ0n) is 17.7. The van der Waals surface area contributed by atoms with E-state index in [1.165, 1.54) is 12.1 Å². The molecule has 0 amide bonds. The first-order valence-corrected chi connectivity index (χ1v) is 10.1. The van der Waals surface area contributed by atoms with Crippen LogP contribution in [0.15, 0.2) is 73.1 Å². The van der Waals surface area contributed by atoms with Gasteiger partial charge in [-0.15, -0.1) is 0 Å². The van der Waals surface area contributed by atoms with Gasteiger partial charge in [0, 0.05) is 22.9 Å². The fourth-order valence-corrected chi connectivity index (χ4v) is 3.02. The van der Waals surface area contributed by atoms with Crippen LogP contribution in [-0.2, 0) is 4.79 Å². The molecule has 0 unspecified atom stereocenters. The van der Waals surface area contributed by atoms with Crippen molar-refractivity contribution in [2.75, 3.05) is 6.61 Å². The van der Waals surface area contributed by atoms with Crippen molar-refractivity contribution in [2.45, 2.75) is 13.8 Å². The van der Waals surface area contributed by atoms with Crippen LogP contribution in [0.3, 0.4) is 0 Å². The van der Waals surface area contributed by atoms with E-state index in [0.717, 1.165) is 28.1 Å². The molecule has 6 nitrogen and oxygen atoms in total. The highest BCUT2D eigenvalue weighted by atomic mass is 19.1. The maximum Gasteiger partial charge on any atom is 0.312 e. The van der Waals surface area contributed by atoms with Crippen molar-refractivity contribution >= 4 is 5.97 Å². The molecule has 2 N–H and O–H groups in total. The van der Waals surface area contributed by atoms with Crippen molar-refractivity contribution in [1.82, 2.24) is 15.0 Å². The summed E-state index contributed by atoms with van der Waals surface area (Å²) in [7, 11) is 0. The van der Waals surface area contributed by atoms with Gasteiger partial charge in [-0.05, 0) is 62.4 Å². The second-order valence-corrected chi connectivity index (χ2v) is 8.09. The van der Waals surface area contributed by atoms with Crippen LogP contribution in [0.2, 0.25) is 0 Å². The van der Waals surface area contributed by atoms with Gasteiger partial charge in [0.2, 0.25) is 0 Å². The van der Waals surface area contributed by atoms with Crippen LogP contribution in [0.1, 0.15) is 13.8 Å². The molecule has 4 rings (SSSR count). The summed E-state index contributed by atoms with van der Waals surface area (Å²) in [6.07, 6.45) is 3.39. The Bertz CT molecular complexity index is 1230. The van der Waals surface area contributed by atoms with E-state index in [1.807, 2.05) is 30.3 Å². The number of aromatic nitrogens is 3. The first-order chi connectivity index (χ1) is 15.3. The van der Waals surface area contributed by atoms with Gasteiger partial charge in [0.05, 0.1) is 23.0 Å². The van der Waals surface area contributed by atoms with E-state index in [2.05, 4.69) is 15.0 Å². The summed E-state index contributed by atoms with van der Waals surface area (Å²) < 4.78 is 19.1. The Labute approximate surface area is 184 Å². The first-order valence-electron chi connectivity index (χ1n) is 10.1. The molecule has 162 valence electrons. The van der Waals surface area contributed by atoms with Crippen molar-refractivity contribution in [2.24, 2.45) is 5.41 Å². The molecular formula is C25H22FN3O3. The number of hydrogen-bond acceptors (Lipinski definition) is 4. The molecule has 0 aliphatic carbocycles. The van der Waals surface area contributed by atoms with Crippen molar-refractivity contribution in [1.29, 1.82) is 0 Å². The Kier molecular flexibility index (Phi) is 5.73. The molecule has 0 saturated carbocycles. The third-order valence-corrected chi connectivity index (χ3v) is 5.08. The minimum absolute atomic E-state index is 0.0788. The Morgan fingerprint density at radius 1 is 1.00 bits per heavy atom. The predicted molar refractivity (Wildman–Crippen MR) is 120 cm³/mol. The molecule has 32 heavy (non-hydrogen) atoms. The number of pyridine rings is 1. The van der Waals surface area contributed by atoms with Crippen LogP contribution in [-0.4, -0.2) is 32.6 Å². The number of nitrogens with one attached hydrogen (secondary N) is 1. The molecule has 0 radical (unpaired) electrons. The number of benzene rings is 2. The largest absolute Gasteiger partial charge is 0.492 e. The number of rotatable bonds is 7. The lowest BCUT2D eigenvalue weighted by Gasteiger charge is -2.19. The third-order valence-electron chi connectivity index (χ3n) is 5.08. The highest BCUT2D eigenvalue weighted by molar-refractivity contribution is 5.73. The SMILES string of the molecule is CC(C)(COc1ccc(-c2ccc(-c3ncc(-c4cccc(F)c4)[nH]3)cn2)cc1)C(=O)O. The van der Waals surface area contributed by atoms with Crippen LogP contribution >= 0.6 is 0 Å². The van der Waals surface area contributed by atoms with E-state index in [1.54, 1.807) is 44.4 Å². The number of nitrogens with zero attached hydrogens (tertiary/aromatic N) is 2. The summed E-state index contributed by atoms with van der Waals surface area (Å²) in [5.41, 5.74) is 2.99. The number of aromatic amines is 1. The van der Waals surface area contributed by atoms with Crippen molar-refractivity contribution < 1.29 is 19.0 Å². The Balaban J connectivity index is 1.45. The van der Waals surface area contributed by atoms with E-state index in [9.17, 15) is 14.3 Å². The topological polar surface area (TPSA) is 88.1 Å². The van der Waals surface area contributed by atoms with E-state index in [-0.39, 0.29) is 12.4 Å². The Morgan fingerprint density at radius 3 is 2.41 bits per heavy atom. The van der Waals surface area contributed by atoms with E-state index in [4.69, 9.17) is 4.74 Å². The minimum atomic E-state index is -0.962. The lowest BCUT2D eigenvalue weighted by atomic mass is 9.95. The maximum absolute atomic E-state index is 13.5. The van der Waals surface area contributed by atoms with Gasteiger partial charge < -0.3 is 14.8 Å². The Morgan fingerprint density at radius 2 is 1.75 bits per heavy atom. The molecule has 2 aromatic heterocycles. The molecule has 0 fully saturated rings. The van der Waals surface area contributed by atoms with E-state index >= 15 is 0 Å². The van der Waals surface area contributed by atoms with Crippen molar-refractivity contribution in [3.8, 4) is 39.7 Å². The van der Waals surface area contributed by atoms with Crippen LogP contribution in [0, 0.1) is 11.2 Å². The zero-order chi connectivity index (χ0) is 22.7. The fraction of sp³-hybridized carbons (Fsp3) is 0.160.